The van der Waals surface area contributed by atoms with Gasteiger partial charge >= 0.3 is 5.97 Å². The number of carbonyl (C=O) groups excluding carboxylic acids is 1. The summed E-state index contributed by atoms with van der Waals surface area (Å²) in [6.07, 6.45) is 1.06. The molecule has 1 saturated heterocycles. The number of ether oxygens (including phenoxy) is 3. The number of sulfonamides is 1. The average Bonchev–Trinajstić information content (AvgIpc) is 3.16. The summed E-state index contributed by atoms with van der Waals surface area (Å²) in [5, 5.41) is 0. The van der Waals surface area contributed by atoms with Crippen LogP contribution in [0.25, 0.3) is 0 Å². The van der Waals surface area contributed by atoms with E-state index in [1.165, 1.54) is 16.4 Å². The fourth-order valence-electron chi connectivity index (χ4n) is 3.25. The van der Waals surface area contributed by atoms with Crippen LogP contribution in [0.3, 0.4) is 0 Å². The van der Waals surface area contributed by atoms with Crippen molar-refractivity contribution in [3.05, 3.63) is 48.3 Å². The Morgan fingerprint density at radius 1 is 1.11 bits per heavy atom. The summed E-state index contributed by atoms with van der Waals surface area (Å²) in [5.74, 6) is -0.216. The molecule has 7 nitrogen and oxygen atoms in total. The van der Waals surface area contributed by atoms with Crippen LogP contribution in [0.5, 0.6) is 17.2 Å². The second kappa shape index (κ2) is 7.40. The summed E-state index contributed by atoms with van der Waals surface area (Å²) in [5.41, 5.74) is 0. The first kappa shape index (κ1) is 18.7. The maximum Gasteiger partial charge on any atom is 0.315 e. The molecule has 0 aromatic heterocycles. The average molecular weight is 407 g/mol. The first-order valence-electron chi connectivity index (χ1n) is 8.80. The summed E-state index contributed by atoms with van der Waals surface area (Å²) >= 11 is 0. The molecule has 148 valence electrons. The van der Waals surface area contributed by atoms with Crippen LogP contribution < -0.4 is 14.2 Å². The minimum atomic E-state index is -3.80. The molecule has 0 N–H and O–H groups in total. The third-order valence-corrected chi connectivity index (χ3v) is 6.61. The molecular weight excluding hydrogens is 389 g/mol. The monoisotopic (exact) mass is 407 g/mol. The second-order valence-corrected chi connectivity index (χ2v) is 8.53. The molecule has 0 amide bonds. The summed E-state index contributed by atoms with van der Waals surface area (Å²) in [7, 11) is -3.80. The lowest BCUT2D eigenvalue weighted by Gasteiger charge is -2.30. The summed E-state index contributed by atoms with van der Waals surface area (Å²) in [6, 6.07) is 9.46. The number of rotatable bonds is 4. The number of benzene rings is 2. The fourth-order valence-corrected chi connectivity index (χ4v) is 4.77. The van der Waals surface area contributed by atoms with Gasteiger partial charge in [0.25, 0.3) is 0 Å². The Labute approximate surface area is 161 Å². The van der Waals surface area contributed by atoms with E-state index in [4.69, 9.17) is 14.2 Å². The number of hydrogen-bond donors (Lipinski definition) is 0. The van der Waals surface area contributed by atoms with Gasteiger partial charge < -0.3 is 14.2 Å². The lowest BCUT2D eigenvalue weighted by atomic mass is 10.00. The Bertz CT molecular complexity index is 992. The van der Waals surface area contributed by atoms with E-state index in [9.17, 15) is 17.6 Å². The van der Waals surface area contributed by atoms with Crippen molar-refractivity contribution >= 4 is 16.0 Å². The highest BCUT2D eigenvalue weighted by Crippen LogP contribution is 2.35. The number of carbonyl (C=O) groups is 1. The number of fused-ring (bicyclic) bond motifs is 1. The topological polar surface area (TPSA) is 82.1 Å². The maximum atomic E-state index is 13.1. The zero-order valence-corrected chi connectivity index (χ0v) is 15.7. The zero-order chi connectivity index (χ0) is 19.7. The molecule has 1 fully saturated rings. The highest BCUT2D eigenvalue weighted by atomic mass is 32.2. The van der Waals surface area contributed by atoms with Crippen molar-refractivity contribution < 1.29 is 31.8 Å². The van der Waals surface area contributed by atoms with Gasteiger partial charge in [0.05, 0.1) is 10.8 Å². The van der Waals surface area contributed by atoms with Crippen LogP contribution in [-0.4, -0.2) is 38.6 Å². The minimum absolute atomic E-state index is 0.00121. The highest BCUT2D eigenvalue weighted by Gasteiger charge is 2.34. The Balaban J connectivity index is 1.45. The largest absolute Gasteiger partial charge is 0.454 e. The molecule has 2 aliphatic heterocycles. The van der Waals surface area contributed by atoms with E-state index in [0.717, 1.165) is 12.1 Å². The maximum absolute atomic E-state index is 13.1. The van der Waals surface area contributed by atoms with E-state index >= 15 is 0 Å². The molecule has 28 heavy (non-hydrogen) atoms. The van der Waals surface area contributed by atoms with Crippen molar-refractivity contribution in [1.82, 2.24) is 4.31 Å². The van der Waals surface area contributed by atoms with Crippen LogP contribution in [0.4, 0.5) is 4.39 Å². The quantitative estimate of drug-likeness (QED) is 0.572. The standard InChI is InChI=1S/C19H18FNO6S/c20-14-3-6-16(7-4-14)28(23,24)21-9-1-2-13(11-21)19(22)27-15-5-8-17-18(10-15)26-12-25-17/h3-8,10,13H,1-2,9,11-12H2. The molecule has 9 heteroatoms. The number of esters is 1. The van der Waals surface area contributed by atoms with Crippen LogP contribution in [-0.2, 0) is 14.8 Å². The number of piperidine rings is 1. The van der Waals surface area contributed by atoms with Gasteiger partial charge in [-0.2, -0.15) is 4.31 Å². The van der Waals surface area contributed by atoms with Crippen molar-refractivity contribution in [2.45, 2.75) is 17.7 Å². The summed E-state index contributed by atoms with van der Waals surface area (Å²) in [4.78, 5) is 12.6. The molecule has 0 saturated carbocycles. The third kappa shape index (κ3) is 3.67. The van der Waals surface area contributed by atoms with E-state index in [1.54, 1.807) is 18.2 Å². The molecule has 2 aromatic rings. The van der Waals surface area contributed by atoms with Gasteiger partial charge in [-0.3, -0.25) is 4.79 Å². The third-order valence-electron chi connectivity index (χ3n) is 4.73. The Hall–Kier alpha value is -2.65. The van der Waals surface area contributed by atoms with Crippen LogP contribution in [0.1, 0.15) is 12.8 Å². The van der Waals surface area contributed by atoms with E-state index in [1.807, 2.05) is 0 Å². The molecule has 2 aromatic carbocycles. The lowest BCUT2D eigenvalue weighted by molar-refractivity contribution is -0.140. The van der Waals surface area contributed by atoms with Crippen LogP contribution in [0.15, 0.2) is 47.4 Å². The van der Waals surface area contributed by atoms with Crippen molar-refractivity contribution in [3.63, 3.8) is 0 Å². The first-order chi connectivity index (χ1) is 13.4. The molecule has 0 spiro atoms. The van der Waals surface area contributed by atoms with Gasteiger partial charge in [-0.1, -0.05) is 0 Å². The van der Waals surface area contributed by atoms with Gasteiger partial charge in [-0.25, -0.2) is 12.8 Å². The number of hydrogen-bond acceptors (Lipinski definition) is 6. The summed E-state index contributed by atoms with van der Waals surface area (Å²) in [6.45, 7) is 0.433. The molecule has 0 bridgehead atoms. The Morgan fingerprint density at radius 2 is 1.86 bits per heavy atom. The molecular formula is C19H18FNO6S. The molecule has 1 atom stereocenters. The van der Waals surface area contributed by atoms with Gasteiger partial charge in [0.2, 0.25) is 16.8 Å². The smallest absolute Gasteiger partial charge is 0.315 e. The van der Waals surface area contributed by atoms with Crippen molar-refractivity contribution in [1.29, 1.82) is 0 Å². The molecule has 1 unspecified atom stereocenters. The van der Waals surface area contributed by atoms with Crippen molar-refractivity contribution in [2.75, 3.05) is 19.9 Å². The van der Waals surface area contributed by atoms with Crippen molar-refractivity contribution in [2.24, 2.45) is 5.92 Å². The predicted molar refractivity (Wildman–Crippen MR) is 96.1 cm³/mol. The van der Waals surface area contributed by atoms with Crippen molar-refractivity contribution in [3.8, 4) is 17.2 Å². The van der Waals surface area contributed by atoms with Gasteiger partial charge in [0.15, 0.2) is 11.5 Å². The SMILES string of the molecule is O=C(Oc1ccc2c(c1)OCO2)C1CCCN(S(=O)(=O)c2ccc(F)cc2)C1. The second-order valence-electron chi connectivity index (χ2n) is 6.59. The normalized spacial score (nSPS) is 19.4. The van der Waals surface area contributed by atoms with Crippen LogP contribution >= 0.6 is 0 Å². The Kier molecular flexibility index (Phi) is 4.94. The molecule has 0 aliphatic carbocycles. The molecule has 4 rings (SSSR count). The van der Waals surface area contributed by atoms with E-state index in [-0.39, 0.29) is 18.2 Å². The predicted octanol–water partition coefficient (Wildman–Crippen LogP) is 2.56. The lowest BCUT2D eigenvalue weighted by Crippen LogP contribution is -2.43. The van der Waals surface area contributed by atoms with Crippen LogP contribution in [0, 0.1) is 11.7 Å². The van der Waals surface area contributed by atoms with E-state index < -0.39 is 27.7 Å². The van der Waals surface area contributed by atoms with Gasteiger partial charge in [0, 0.05) is 19.2 Å². The van der Waals surface area contributed by atoms with Gasteiger partial charge in [0.1, 0.15) is 11.6 Å². The first-order valence-corrected chi connectivity index (χ1v) is 10.2. The molecule has 2 heterocycles. The van der Waals surface area contributed by atoms with E-state index in [0.29, 0.717) is 36.6 Å². The highest BCUT2D eigenvalue weighted by molar-refractivity contribution is 7.89. The van der Waals surface area contributed by atoms with Gasteiger partial charge in [-0.05, 0) is 49.2 Å². The molecule has 0 radical (unpaired) electrons. The Morgan fingerprint density at radius 3 is 2.64 bits per heavy atom. The van der Waals surface area contributed by atoms with E-state index in [2.05, 4.69) is 0 Å². The van der Waals surface area contributed by atoms with Gasteiger partial charge in [-0.15, -0.1) is 0 Å². The number of halogens is 1. The van der Waals surface area contributed by atoms with Crippen LogP contribution in [0.2, 0.25) is 0 Å². The fraction of sp³-hybridized carbons (Fsp3) is 0.316. The number of nitrogens with zero attached hydrogens (tertiary/aromatic N) is 1. The molecule has 2 aliphatic rings. The zero-order valence-electron chi connectivity index (χ0n) is 14.8. The minimum Gasteiger partial charge on any atom is -0.454 e. The summed E-state index contributed by atoms with van der Waals surface area (Å²) < 4.78 is 55.8.